The molecule has 0 N–H and O–H groups in total. The van der Waals surface area contributed by atoms with Crippen molar-refractivity contribution in [1.29, 1.82) is 0 Å². The summed E-state index contributed by atoms with van der Waals surface area (Å²) in [5.41, 5.74) is 0. The topological polar surface area (TPSA) is 0 Å². The lowest BCUT2D eigenvalue weighted by Crippen LogP contribution is -1.85. The van der Waals surface area contributed by atoms with Crippen LogP contribution in [0.5, 0.6) is 0 Å². The number of hydrogen-bond donors (Lipinski definition) is 0. The second kappa shape index (κ2) is 30.8. The van der Waals surface area contributed by atoms with E-state index in [4.69, 9.17) is 0 Å². The molecule has 0 aliphatic heterocycles. The van der Waals surface area contributed by atoms with Crippen LogP contribution in [0.4, 0.5) is 0 Å². The molecule has 0 amide bonds. The van der Waals surface area contributed by atoms with Crippen molar-refractivity contribution in [3.05, 3.63) is 0 Å². The van der Waals surface area contributed by atoms with Crippen molar-refractivity contribution in [3.8, 4) is 0 Å². The van der Waals surface area contributed by atoms with E-state index in [1.54, 1.807) is 0 Å². The first-order valence-electron chi connectivity index (χ1n) is 9.41. The van der Waals surface area contributed by atoms with Crippen LogP contribution in [0.25, 0.3) is 0 Å². The molecule has 2 aliphatic carbocycles. The van der Waals surface area contributed by atoms with Gasteiger partial charge in [-0.25, -0.2) is 0 Å². The zero-order valence-corrected chi connectivity index (χ0v) is 15.2. The molecule has 2 saturated carbocycles. The lowest BCUT2D eigenvalue weighted by molar-refractivity contribution is 0.504. The van der Waals surface area contributed by atoms with Gasteiger partial charge in [0, 0.05) is 0 Å². The van der Waals surface area contributed by atoms with Crippen molar-refractivity contribution < 1.29 is 0 Å². The molecule has 0 aromatic carbocycles. The van der Waals surface area contributed by atoms with Crippen LogP contribution in [0, 0.1) is 0 Å². The van der Waals surface area contributed by atoms with Gasteiger partial charge >= 0.3 is 0 Å². The van der Waals surface area contributed by atoms with Gasteiger partial charge in [0.25, 0.3) is 0 Å². The molecule has 0 radical (unpaired) electrons. The molecule has 0 unspecified atom stereocenters. The highest BCUT2D eigenvalue weighted by atomic mass is 14.0. The van der Waals surface area contributed by atoms with Gasteiger partial charge in [0.15, 0.2) is 0 Å². The maximum Gasteiger partial charge on any atom is -0.0533 e. The van der Waals surface area contributed by atoms with Crippen LogP contribution in [-0.2, 0) is 0 Å². The van der Waals surface area contributed by atoms with Gasteiger partial charge in [-0.05, 0) is 0 Å². The Morgan fingerprint density at radius 3 is 0.474 bits per heavy atom. The summed E-state index contributed by atoms with van der Waals surface area (Å²) >= 11 is 0. The predicted molar refractivity (Wildman–Crippen MR) is 94.1 cm³/mol. The van der Waals surface area contributed by atoms with Crippen LogP contribution in [0.3, 0.4) is 0 Å². The Morgan fingerprint density at radius 1 is 0.368 bits per heavy atom. The Hall–Kier alpha value is 0. The summed E-state index contributed by atoms with van der Waals surface area (Å²) < 4.78 is 0. The van der Waals surface area contributed by atoms with Crippen LogP contribution >= 0.6 is 0 Å². The first-order valence-corrected chi connectivity index (χ1v) is 9.41. The minimum Gasteiger partial charge on any atom is -0.0683 e. The molecule has 19 heavy (non-hydrogen) atoms. The van der Waals surface area contributed by atoms with Gasteiger partial charge in [0.05, 0.1) is 0 Å². The monoisotopic (exact) mass is 272 g/mol. The predicted octanol–water partition coefficient (Wildman–Crippen LogP) is 8.15. The van der Waals surface area contributed by atoms with Crippen molar-refractivity contribution in [2.75, 3.05) is 0 Å². The summed E-state index contributed by atoms with van der Waals surface area (Å²) in [6.45, 7) is 12.2. The third-order valence-electron chi connectivity index (χ3n) is 3.00. The van der Waals surface area contributed by atoms with E-state index in [1.165, 1.54) is 83.5 Å². The highest BCUT2D eigenvalue weighted by molar-refractivity contribution is 4.51. The van der Waals surface area contributed by atoms with Crippen molar-refractivity contribution in [2.45, 2.75) is 125 Å². The van der Waals surface area contributed by atoms with E-state index in [-0.39, 0.29) is 0 Å². The molecule has 0 heteroatoms. The molecule has 0 bridgehead atoms. The van der Waals surface area contributed by atoms with Crippen molar-refractivity contribution in [3.63, 3.8) is 0 Å². The summed E-state index contributed by atoms with van der Waals surface area (Å²) in [4.78, 5) is 0. The molecule has 0 saturated heterocycles. The molecule has 2 rings (SSSR count). The molecular weight excluding hydrogens is 228 g/mol. The molecule has 0 nitrogen and oxygen atoms in total. The van der Waals surface area contributed by atoms with Crippen LogP contribution in [0.2, 0.25) is 0 Å². The summed E-state index contributed by atoms with van der Waals surface area (Å²) in [5.74, 6) is 0. The Bertz CT molecular complexity index is 53.2. The van der Waals surface area contributed by atoms with Crippen molar-refractivity contribution in [1.82, 2.24) is 0 Å². The van der Waals surface area contributed by atoms with Gasteiger partial charge in [-0.2, -0.15) is 0 Å². The second-order valence-electron chi connectivity index (χ2n) is 4.95. The molecule has 0 aromatic rings. The molecule has 0 atom stereocenters. The summed E-state index contributed by atoms with van der Waals surface area (Å²) in [5, 5.41) is 0. The summed E-state index contributed by atoms with van der Waals surface area (Å²) in [6.07, 6.45) is 19.2. The van der Waals surface area contributed by atoms with Gasteiger partial charge in [0.1, 0.15) is 0 Å². The maximum absolute atomic E-state index is 2.12. The van der Waals surface area contributed by atoms with Crippen LogP contribution in [0.1, 0.15) is 125 Å². The van der Waals surface area contributed by atoms with E-state index in [2.05, 4.69) is 13.8 Å². The highest BCUT2D eigenvalue weighted by Gasteiger charge is 1.96. The van der Waals surface area contributed by atoms with E-state index in [0.717, 1.165) is 0 Å². The maximum atomic E-state index is 2.12. The number of rotatable bonds is 0. The minimum absolute atomic E-state index is 1.25. The Labute approximate surface area is 125 Å². The number of hydrogen-bond acceptors (Lipinski definition) is 0. The Kier molecular flexibility index (Phi) is 39.0. The van der Waals surface area contributed by atoms with Crippen molar-refractivity contribution >= 4 is 0 Å². The molecular formula is C19H44. The van der Waals surface area contributed by atoms with Crippen LogP contribution in [0.15, 0.2) is 0 Å². The van der Waals surface area contributed by atoms with Crippen LogP contribution < -0.4 is 0 Å². The smallest absolute Gasteiger partial charge is 0.0533 e. The van der Waals surface area contributed by atoms with E-state index in [0.29, 0.717) is 0 Å². The van der Waals surface area contributed by atoms with Crippen molar-refractivity contribution in [2.24, 2.45) is 0 Å². The fourth-order valence-electron chi connectivity index (χ4n) is 2.12. The van der Waals surface area contributed by atoms with Gasteiger partial charge in [-0.3, -0.25) is 0 Å². The van der Waals surface area contributed by atoms with Crippen LogP contribution in [-0.4, -0.2) is 0 Å². The average Bonchev–Trinajstić information content (AvgIpc) is 2.56. The fourth-order valence-corrected chi connectivity index (χ4v) is 2.12. The van der Waals surface area contributed by atoms with Gasteiger partial charge < -0.3 is 0 Å². The third-order valence-corrected chi connectivity index (χ3v) is 3.00. The SMILES string of the molecule is C1CCCCC1.C1CCCCC1.CC.CC.CCC. The van der Waals surface area contributed by atoms with E-state index in [1.807, 2.05) is 27.7 Å². The third kappa shape index (κ3) is 32.0. The normalized spacial score (nSPS) is 16.7. The summed E-state index contributed by atoms with van der Waals surface area (Å²) in [7, 11) is 0. The van der Waals surface area contributed by atoms with E-state index in [9.17, 15) is 0 Å². The first-order chi connectivity index (χ1) is 9.41. The Balaban J connectivity index is -0.000000187. The largest absolute Gasteiger partial charge is 0.0683 e. The van der Waals surface area contributed by atoms with E-state index < -0.39 is 0 Å². The molecule has 2 fully saturated rings. The van der Waals surface area contributed by atoms with Gasteiger partial charge in [-0.15, -0.1) is 0 Å². The molecule has 0 heterocycles. The second-order valence-corrected chi connectivity index (χ2v) is 4.95. The Morgan fingerprint density at radius 2 is 0.421 bits per heavy atom. The zero-order valence-electron chi connectivity index (χ0n) is 15.2. The lowest BCUT2D eigenvalue weighted by atomic mass is 10.0. The van der Waals surface area contributed by atoms with Gasteiger partial charge in [-0.1, -0.05) is 125 Å². The fraction of sp³-hybridized carbons (Fsp3) is 1.00. The highest BCUT2D eigenvalue weighted by Crippen LogP contribution is 2.15. The minimum atomic E-state index is 1.25. The zero-order chi connectivity index (χ0) is 15.2. The molecule has 0 spiro atoms. The molecule has 0 aromatic heterocycles. The molecule has 2 aliphatic rings. The average molecular weight is 273 g/mol. The van der Waals surface area contributed by atoms with Gasteiger partial charge in [0.2, 0.25) is 0 Å². The lowest BCUT2D eigenvalue weighted by Gasteiger charge is -2.05. The first kappa shape index (κ1) is 24.0. The molecule has 120 valence electrons. The quantitative estimate of drug-likeness (QED) is 0.417. The standard InChI is InChI=1S/2C6H12.C3H8.2C2H6/c2*1-2-4-6-5-3-1;1-3-2;2*1-2/h2*1-6H2;3H2,1-2H3;2*1-2H3. The summed E-state index contributed by atoms with van der Waals surface area (Å²) in [6, 6.07) is 0. The van der Waals surface area contributed by atoms with E-state index >= 15 is 0 Å².